The van der Waals surface area contributed by atoms with E-state index in [-0.39, 0.29) is 29.9 Å². The Labute approximate surface area is 137 Å². The number of hydrogen-bond acceptors (Lipinski definition) is 5. The van der Waals surface area contributed by atoms with Crippen molar-refractivity contribution >= 4 is 11.7 Å². The van der Waals surface area contributed by atoms with Crippen LogP contribution in [0.1, 0.15) is 24.1 Å². The molecule has 0 saturated carbocycles. The molecular formula is C15H17F3N4O2. The van der Waals surface area contributed by atoms with E-state index in [0.717, 1.165) is 12.1 Å². The molecule has 0 atom stereocenters. The van der Waals surface area contributed by atoms with Crippen LogP contribution in [0.2, 0.25) is 0 Å². The summed E-state index contributed by atoms with van der Waals surface area (Å²) < 4.78 is 43.1. The molecular weight excluding hydrogens is 325 g/mol. The molecule has 1 N–H and O–H groups in total. The summed E-state index contributed by atoms with van der Waals surface area (Å²) in [6.45, 7) is 0.952. The SMILES string of the molecule is COCC(=O)N1CCC(Nc2nc(C(F)(F)F)ccc2C#N)CC1. The minimum absolute atomic E-state index is 0.00581. The third kappa shape index (κ3) is 4.35. The van der Waals surface area contributed by atoms with E-state index in [0.29, 0.717) is 25.9 Å². The highest BCUT2D eigenvalue weighted by Gasteiger charge is 2.33. The highest BCUT2D eigenvalue weighted by molar-refractivity contribution is 5.77. The van der Waals surface area contributed by atoms with Crippen molar-refractivity contribution in [2.24, 2.45) is 0 Å². The number of halogens is 3. The van der Waals surface area contributed by atoms with Gasteiger partial charge in [-0.15, -0.1) is 0 Å². The summed E-state index contributed by atoms with van der Waals surface area (Å²) in [5, 5.41) is 11.9. The third-order valence-electron chi connectivity index (χ3n) is 3.76. The Morgan fingerprint density at radius 3 is 2.67 bits per heavy atom. The smallest absolute Gasteiger partial charge is 0.375 e. The number of carbonyl (C=O) groups is 1. The molecule has 0 unspecified atom stereocenters. The molecule has 0 radical (unpaired) electrons. The van der Waals surface area contributed by atoms with Crippen molar-refractivity contribution < 1.29 is 22.7 Å². The minimum Gasteiger partial charge on any atom is -0.375 e. The highest BCUT2D eigenvalue weighted by atomic mass is 19.4. The lowest BCUT2D eigenvalue weighted by Crippen LogP contribution is -2.43. The van der Waals surface area contributed by atoms with E-state index in [1.165, 1.54) is 7.11 Å². The molecule has 1 fully saturated rings. The van der Waals surface area contributed by atoms with Crippen LogP contribution in [0.15, 0.2) is 12.1 Å². The fraction of sp³-hybridized carbons (Fsp3) is 0.533. The number of ether oxygens (including phenoxy) is 1. The largest absolute Gasteiger partial charge is 0.433 e. The number of rotatable bonds is 4. The Morgan fingerprint density at radius 2 is 2.12 bits per heavy atom. The van der Waals surface area contributed by atoms with Crippen LogP contribution in [0.3, 0.4) is 0 Å². The molecule has 1 aliphatic heterocycles. The van der Waals surface area contributed by atoms with E-state index in [1.807, 2.05) is 6.07 Å². The fourth-order valence-corrected chi connectivity index (χ4v) is 2.50. The zero-order valence-corrected chi connectivity index (χ0v) is 13.1. The number of nitrogens with one attached hydrogen (secondary N) is 1. The van der Waals surface area contributed by atoms with Gasteiger partial charge >= 0.3 is 6.18 Å². The Morgan fingerprint density at radius 1 is 1.46 bits per heavy atom. The molecule has 130 valence electrons. The molecule has 0 bridgehead atoms. The number of likely N-dealkylation sites (tertiary alicyclic amines) is 1. The number of pyridine rings is 1. The number of piperidine rings is 1. The van der Waals surface area contributed by atoms with Gasteiger partial charge in [0.2, 0.25) is 5.91 Å². The van der Waals surface area contributed by atoms with Gasteiger partial charge in [-0.05, 0) is 25.0 Å². The number of carbonyl (C=O) groups excluding carboxylic acids is 1. The first-order chi connectivity index (χ1) is 11.3. The molecule has 0 aromatic carbocycles. The van der Waals surface area contributed by atoms with Gasteiger partial charge in [-0.25, -0.2) is 4.98 Å². The number of hydrogen-bond donors (Lipinski definition) is 1. The molecule has 9 heteroatoms. The van der Waals surface area contributed by atoms with Crippen LogP contribution in [0.5, 0.6) is 0 Å². The number of nitrogens with zero attached hydrogens (tertiary/aromatic N) is 3. The Hall–Kier alpha value is -2.34. The molecule has 6 nitrogen and oxygen atoms in total. The lowest BCUT2D eigenvalue weighted by molar-refractivity contribution is -0.141. The number of anilines is 1. The first-order valence-corrected chi connectivity index (χ1v) is 7.36. The molecule has 1 aromatic heterocycles. The number of methoxy groups -OCH3 is 1. The van der Waals surface area contributed by atoms with Crippen molar-refractivity contribution in [3.63, 3.8) is 0 Å². The molecule has 1 amide bonds. The summed E-state index contributed by atoms with van der Waals surface area (Å²) in [5.41, 5.74) is -0.988. The summed E-state index contributed by atoms with van der Waals surface area (Å²) in [6, 6.07) is 3.58. The predicted molar refractivity (Wildman–Crippen MR) is 79.1 cm³/mol. The van der Waals surface area contributed by atoms with E-state index in [9.17, 15) is 18.0 Å². The Balaban J connectivity index is 2.04. The van der Waals surface area contributed by atoms with E-state index in [2.05, 4.69) is 10.3 Å². The van der Waals surface area contributed by atoms with E-state index in [4.69, 9.17) is 10.00 Å². The lowest BCUT2D eigenvalue weighted by atomic mass is 10.0. The minimum atomic E-state index is -4.57. The fourth-order valence-electron chi connectivity index (χ4n) is 2.50. The topological polar surface area (TPSA) is 78.2 Å². The van der Waals surface area contributed by atoms with E-state index < -0.39 is 11.9 Å². The number of alkyl halides is 3. The maximum atomic E-state index is 12.8. The highest BCUT2D eigenvalue weighted by Crippen LogP contribution is 2.30. The van der Waals surface area contributed by atoms with Gasteiger partial charge in [0.05, 0.1) is 5.56 Å². The second-order valence-electron chi connectivity index (χ2n) is 5.43. The first kappa shape index (κ1) is 18.0. The van der Waals surface area contributed by atoms with Gasteiger partial charge in [0.25, 0.3) is 0 Å². The first-order valence-electron chi connectivity index (χ1n) is 7.36. The van der Waals surface area contributed by atoms with Crippen LogP contribution < -0.4 is 5.32 Å². The monoisotopic (exact) mass is 342 g/mol. The molecule has 2 rings (SSSR count). The summed E-state index contributed by atoms with van der Waals surface area (Å²) >= 11 is 0. The normalized spacial score (nSPS) is 15.9. The van der Waals surface area contributed by atoms with Gasteiger partial charge in [-0.2, -0.15) is 18.4 Å². The molecule has 1 aromatic rings. The average Bonchev–Trinajstić information content (AvgIpc) is 2.55. The van der Waals surface area contributed by atoms with E-state index >= 15 is 0 Å². The quantitative estimate of drug-likeness (QED) is 0.906. The summed E-state index contributed by atoms with van der Waals surface area (Å²) in [5.74, 6) is -0.195. The predicted octanol–water partition coefficient (Wildman–Crippen LogP) is 2.02. The second kappa shape index (κ2) is 7.49. The number of aromatic nitrogens is 1. The Bertz CT molecular complexity index is 635. The van der Waals surface area contributed by atoms with Crippen molar-refractivity contribution in [3.05, 3.63) is 23.4 Å². The van der Waals surface area contributed by atoms with Crippen molar-refractivity contribution in [3.8, 4) is 6.07 Å². The van der Waals surface area contributed by atoms with Crippen LogP contribution in [-0.4, -0.2) is 48.6 Å². The van der Waals surface area contributed by atoms with Gasteiger partial charge in [-0.1, -0.05) is 0 Å². The maximum absolute atomic E-state index is 12.8. The van der Waals surface area contributed by atoms with Gasteiger partial charge < -0.3 is 15.0 Å². The van der Waals surface area contributed by atoms with Gasteiger partial charge in [-0.3, -0.25) is 4.79 Å². The Kier molecular flexibility index (Phi) is 5.62. The van der Waals surface area contributed by atoms with Gasteiger partial charge in [0.1, 0.15) is 24.2 Å². The zero-order chi connectivity index (χ0) is 17.7. The zero-order valence-electron chi connectivity index (χ0n) is 13.1. The van der Waals surface area contributed by atoms with Crippen LogP contribution in [-0.2, 0) is 15.7 Å². The summed E-state index contributed by atoms with van der Waals surface area (Å²) in [7, 11) is 1.44. The molecule has 0 aliphatic carbocycles. The van der Waals surface area contributed by atoms with Crippen LogP contribution in [0.4, 0.5) is 19.0 Å². The van der Waals surface area contributed by atoms with Crippen LogP contribution in [0, 0.1) is 11.3 Å². The van der Waals surface area contributed by atoms with Crippen LogP contribution in [0.25, 0.3) is 0 Å². The molecule has 0 spiro atoms. The summed E-state index contributed by atoms with van der Waals surface area (Å²) in [6.07, 6.45) is -3.46. The van der Waals surface area contributed by atoms with Crippen molar-refractivity contribution in [2.75, 3.05) is 32.1 Å². The van der Waals surface area contributed by atoms with Crippen molar-refractivity contribution in [2.45, 2.75) is 25.1 Å². The van der Waals surface area contributed by atoms with Gasteiger partial charge in [0.15, 0.2) is 0 Å². The molecule has 24 heavy (non-hydrogen) atoms. The second-order valence-corrected chi connectivity index (χ2v) is 5.43. The van der Waals surface area contributed by atoms with Gasteiger partial charge in [0, 0.05) is 26.2 Å². The average molecular weight is 342 g/mol. The third-order valence-corrected chi connectivity index (χ3v) is 3.76. The lowest BCUT2D eigenvalue weighted by Gasteiger charge is -2.32. The van der Waals surface area contributed by atoms with Crippen molar-refractivity contribution in [1.82, 2.24) is 9.88 Å². The maximum Gasteiger partial charge on any atom is 0.433 e. The molecule has 1 aliphatic rings. The van der Waals surface area contributed by atoms with Crippen LogP contribution >= 0.6 is 0 Å². The summed E-state index contributed by atoms with van der Waals surface area (Å²) in [4.78, 5) is 16.9. The van der Waals surface area contributed by atoms with Crippen molar-refractivity contribution in [1.29, 1.82) is 5.26 Å². The number of amides is 1. The number of nitriles is 1. The standard InChI is InChI=1S/C15H17F3N4O2/c1-24-9-13(23)22-6-4-11(5-7-22)20-14-10(8-19)2-3-12(21-14)15(16,17)18/h2-3,11H,4-7,9H2,1H3,(H,20,21). The van der Waals surface area contributed by atoms with E-state index in [1.54, 1.807) is 4.90 Å². The molecule has 1 saturated heterocycles. The molecule has 2 heterocycles.